The minimum atomic E-state index is -0.151. The van der Waals surface area contributed by atoms with E-state index < -0.39 is 0 Å². The molecule has 0 bridgehead atoms. The van der Waals surface area contributed by atoms with E-state index in [1.54, 1.807) is 6.92 Å². The van der Waals surface area contributed by atoms with Crippen LogP contribution in [0.15, 0.2) is 0 Å². The third kappa shape index (κ3) is 27.4. The highest BCUT2D eigenvalue weighted by Gasteiger charge is 1.96. The van der Waals surface area contributed by atoms with Gasteiger partial charge < -0.3 is 4.79 Å². The normalized spacial score (nSPS) is 10.2. The highest BCUT2D eigenvalue weighted by Crippen LogP contribution is 2.12. The number of halogens is 2. The summed E-state index contributed by atoms with van der Waals surface area (Å²) >= 11 is 11.0. The molecular weight excluding hydrogens is 279 g/mol. The molecule has 0 aliphatic rings. The SMILES string of the molecule is CCCCCCC(Cl)Cl.CCCCCCCC(C)=O. The monoisotopic (exact) mass is 310 g/mol. The summed E-state index contributed by atoms with van der Waals surface area (Å²) in [6.45, 7) is 6.06. The Hall–Kier alpha value is 0.250. The van der Waals surface area contributed by atoms with Crippen LogP contribution in [0.3, 0.4) is 0 Å². The van der Waals surface area contributed by atoms with Crippen molar-refractivity contribution in [2.24, 2.45) is 0 Å². The molecule has 3 heteroatoms. The van der Waals surface area contributed by atoms with E-state index in [0.29, 0.717) is 5.78 Å². The summed E-state index contributed by atoms with van der Waals surface area (Å²) in [7, 11) is 0. The number of ketones is 1. The fraction of sp³-hybridized carbons (Fsp3) is 0.938. The van der Waals surface area contributed by atoms with Gasteiger partial charge in [0.25, 0.3) is 0 Å². The summed E-state index contributed by atoms with van der Waals surface area (Å²) in [6, 6.07) is 0. The van der Waals surface area contributed by atoms with Crippen molar-refractivity contribution in [1.82, 2.24) is 0 Å². The minimum absolute atomic E-state index is 0.151. The molecule has 0 fully saturated rings. The zero-order valence-corrected chi connectivity index (χ0v) is 14.5. The molecule has 0 aliphatic carbocycles. The van der Waals surface area contributed by atoms with Crippen LogP contribution in [0.4, 0.5) is 0 Å². The first-order valence-electron chi connectivity index (χ1n) is 7.82. The Morgan fingerprint density at radius 2 is 1.32 bits per heavy atom. The van der Waals surface area contributed by atoms with Gasteiger partial charge in [0, 0.05) is 6.42 Å². The van der Waals surface area contributed by atoms with E-state index in [9.17, 15) is 4.79 Å². The fourth-order valence-electron chi connectivity index (χ4n) is 1.70. The predicted molar refractivity (Wildman–Crippen MR) is 88.3 cm³/mol. The molecule has 19 heavy (non-hydrogen) atoms. The lowest BCUT2D eigenvalue weighted by Crippen LogP contribution is -1.88. The molecule has 116 valence electrons. The Bertz CT molecular complexity index is 182. The van der Waals surface area contributed by atoms with Gasteiger partial charge in [0.1, 0.15) is 10.6 Å². The molecule has 0 saturated carbocycles. The Morgan fingerprint density at radius 1 is 0.842 bits per heavy atom. The number of rotatable bonds is 11. The molecule has 0 aromatic rings. The quantitative estimate of drug-likeness (QED) is 0.306. The van der Waals surface area contributed by atoms with Gasteiger partial charge >= 0.3 is 0 Å². The van der Waals surface area contributed by atoms with Crippen LogP contribution in [-0.2, 0) is 4.79 Å². The number of alkyl halides is 2. The topological polar surface area (TPSA) is 17.1 Å². The van der Waals surface area contributed by atoms with Crippen molar-refractivity contribution in [3.63, 3.8) is 0 Å². The standard InChI is InChI=1S/C9H18O.C7H14Cl2/c1-3-4-5-6-7-8-9(2)10;1-2-3-4-5-6-7(8)9/h3-8H2,1-2H3;7H,2-6H2,1H3. The fourth-order valence-corrected chi connectivity index (χ4v) is 2.01. The Balaban J connectivity index is 0. The van der Waals surface area contributed by atoms with Crippen LogP contribution in [0.25, 0.3) is 0 Å². The van der Waals surface area contributed by atoms with Gasteiger partial charge in [-0.15, -0.1) is 23.2 Å². The van der Waals surface area contributed by atoms with E-state index in [-0.39, 0.29) is 4.84 Å². The van der Waals surface area contributed by atoms with Gasteiger partial charge in [-0.2, -0.15) is 0 Å². The molecule has 0 rings (SSSR count). The van der Waals surface area contributed by atoms with Gasteiger partial charge in [-0.05, 0) is 19.8 Å². The van der Waals surface area contributed by atoms with Crippen LogP contribution in [0.5, 0.6) is 0 Å². The zero-order valence-electron chi connectivity index (χ0n) is 13.0. The lowest BCUT2D eigenvalue weighted by Gasteiger charge is -1.98. The van der Waals surface area contributed by atoms with Crippen molar-refractivity contribution < 1.29 is 4.79 Å². The molecule has 0 atom stereocenters. The maximum Gasteiger partial charge on any atom is 0.129 e. The third-order valence-electron chi connectivity index (χ3n) is 2.91. The predicted octanol–water partition coefficient (Wildman–Crippen LogP) is 6.70. The summed E-state index contributed by atoms with van der Waals surface area (Å²) in [5.74, 6) is 0.330. The average Bonchev–Trinajstić information content (AvgIpc) is 2.35. The van der Waals surface area contributed by atoms with E-state index in [0.717, 1.165) is 19.3 Å². The highest BCUT2D eigenvalue weighted by atomic mass is 35.5. The Morgan fingerprint density at radius 3 is 1.74 bits per heavy atom. The maximum absolute atomic E-state index is 10.5. The maximum atomic E-state index is 10.5. The van der Waals surface area contributed by atoms with Crippen molar-refractivity contribution in [1.29, 1.82) is 0 Å². The molecule has 0 saturated heterocycles. The molecule has 0 aromatic heterocycles. The van der Waals surface area contributed by atoms with E-state index in [4.69, 9.17) is 23.2 Å². The van der Waals surface area contributed by atoms with Crippen LogP contribution < -0.4 is 0 Å². The first-order valence-corrected chi connectivity index (χ1v) is 8.69. The second-order valence-electron chi connectivity index (χ2n) is 5.11. The minimum Gasteiger partial charge on any atom is -0.300 e. The van der Waals surface area contributed by atoms with Crippen molar-refractivity contribution in [3.8, 4) is 0 Å². The number of hydrogen-bond donors (Lipinski definition) is 0. The van der Waals surface area contributed by atoms with Crippen molar-refractivity contribution >= 4 is 29.0 Å². The zero-order chi connectivity index (χ0) is 14.9. The molecule has 0 unspecified atom stereocenters. The molecule has 0 amide bonds. The number of Topliss-reactive ketones (excluding diaryl/α,β-unsaturated/α-hetero) is 1. The van der Waals surface area contributed by atoms with Gasteiger partial charge in [0.15, 0.2) is 0 Å². The van der Waals surface area contributed by atoms with Gasteiger partial charge in [0.2, 0.25) is 0 Å². The summed E-state index contributed by atoms with van der Waals surface area (Å²) in [5, 5.41) is 0. The number of carbonyl (C=O) groups is 1. The summed E-state index contributed by atoms with van der Waals surface area (Å²) < 4.78 is 0. The first-order chi connectivity index (χ1) is 9.04. The van der Waals surface area contributed by atoms with Crippen LogP contribution in [-0.4, -0.2) is 10.6 Å². The summed E-state index contributed by atoms with van der Waals surface area (Å²) in [5.41, 5.74) is 0. The lowest BCUT2D eigenvalue weighted by molar-refractivity contribution is -0.117. The number of unbranched alkanes of at least 4 members (excludes halogenated alkanes) is 7. The highest BCUT2D eigenvalue weighted by molar-refractivity contribution is 6.44. The molecule has 0 spiro atoms. The molecule has 0 heterocycles. The van der Waals surface area contributed by atoms with Crippen LogP contribution in [0.1, 0.15) is 91.4 Å². The molecule has 0 N–H and O–H groups in total. The smallest absolute Gasteiger partial charge is 0.129 e. The summed E-state index contributed by atoms with van der Waals surface area (Å²) in [6.07, 6.45) is 13.0. The molecular formula is C16H32Cl2O. The van der Waals surface area contributed by atoms with Crippen LogP contribution >= 0.6 is 23.2 Å². The molecule has 1 nitrogen and oxygen atoms in total. The lowest BCUT2D eigenvalue weighted by atomic mass is 10.1. The van der Waals surface area contributed by atoms with Crippen LogP contribution in [0, 0.1) is 0 Å². The van der Waals surface area contributed by atoms with E-state index in [2.05, 4.69) is 13.8 Å². The van der Waals surface area contributed by atoms with Crippen LogP contribution in [0.2, 0.25) is 0 Å². The van der Waals surface area contributed by atoms with Gasteiger partial charge in [-0.25, -0.2) is 0 Å². The second-order valence-corrected chi connectivity index (χ2v) is 6.38. The second kappa shape index (κ2) is 18.2. The van der Waals surface area contributed by atoms with Crippen molar-refractivity contribution in [3.05, 3.63) is 0 Å². The van der Waals surface area contributed by atoms with E-state index >= 15 is 0 Å². The summed E-state index contributed by atoms with van der Waals surface area (Å²) in [4.78, 5) is 10.3. The van der Waals surface area contributed by atoms with Gasteiger partial charge in [0.05, 0.1) is 0 Å². The van der Waals surface area contributed by atoms with Crippen molar-refractivity contribution in [2.45, 2.75) is 96.2 Å². The van der Waals surface area contributed by atoms with Crippen molar-refractivity contribution in [2.75, 3.05) is 0 Å². The first kappa shape index (κ1) is 21.5. The largest absolute Gasteiger partial charge is 0.300 e. The molecule has 0 aromatic carbocycles. The van der Waals surface area contributed by atoms with E-state index in [1.165, 1.54) is 51.4 Å². The average molecular weight is 311 g/mol. The Labute approximate surface area is 130 Å². The third-order valence-corrected chi connectivity index (χ3v) is 3.34. The van der Waals surface area contributed by atoms with Gasteiger partial charge in [-0.1, -0.05) is 65.2 Å². The number of carbonyl (C=O) groups excluding carboxylic acids is 1. The molecule has 0 radical (unpaired) electrons. The Kier molecular flexibility index (Phi) is 20.7. The van der Waals surface area contributed by atoms with E-state index in [1.807, 2.05) is 0 Å². The molecule has 0 aliphatic heterocycles. The number of hydrogen-bond acceptors (Lipinski definition) is 1. The van der Waals surface area contributed by atoms with Gasteiger partial charge in [-0.3, -0.25) is 0 Å².